The number of hydrogen-bond donors (Lipinski definition) is 2. The van der Waals surface area contributed by atoms with Gasteiger partial charge in [0.15, 0.2) is 10.9 Å². The maximum absolute atomic E-state index is 12.6. The van der Waals surface area contributed by atoms with Crippen LogP contribution >= 0.6 is 46.8 Å². The van der Waals surface area contributed by atoms with Gasteiger partial charge in [0, 0.05) is 16.8 Å². The van der Waals surface area contributed by atoms with Crippen LogP contribution in [0.25, 0.3) is 26.9 Å². The van der Waals surface area contributed by atoms with Gasteiger partial charge in [0.05, 0.1) is 10.0 Å². The van der Waals surface area contributed by atoms with Crippen molar-refractivity contribution in [2.24, 2.45) is 0 Å². The van der Waals surface area contributed by atoms with Gasteiger partial charge in [-0.15, -0.1) is 10.2 Å². The number of anilines is 1. The lowest BCUT2D eigenvalue weighted by molar-refractivity contribution is 0.0951. The summed E-state index contributed by atoms with van der Waals surface area (Å²) >= 11 is 19.0. The van der Waals surface area contributed by atoms with E-state index in [-0.39, 0.29) is 10.9 Å². The lowest BCUT2D eigenvalue weighted by Crippen LogP contribution is -2.33. The molecule has 8 nitrogen and oxygen atoms in total. The number of nitrogens with one attached hydrogen (secondary N) is 2. The fourth-order valence-electron chi connectivity index (χ4n) is 3.03. The third-order valence-corrected chi connectivity index (χ3v) is 6.51. The van der Waals surface area contributed by atoms with Crippen molar-refractivity contribution >= 4 is 68.4 Å². The number of carbonyl (C=O) groups is 1. The minimum atomic E-state index is -0.498. The molecule has 3 aromatic heterocycles. The smallest absolute Gasteiger partial charge is 0.293 e. The van der Waals surface area contributed by atoms with Gasteiger partial charge < -0.3 is 9.73 Å². The third kappa shape index (κ3) is 4.46. The molecule has 0 unspecified atom stereocenters. The fourth-order valence-corrected chi connectivity index (χ4v) is 4.45. The van der Waals surface area contributed by atoms with Crippen LogP contribution in [0.15, 0.2) is 65.3 Å². The number of halogens is 2. The lowest BCUT2D eigenvalue weighted by atomic mass is 10.2. The van der Waals surface area contributed by atoms with E-state index in [2.05, 4.69) is 25.9 Å². The van der Waals surface area contributed by atoms with Crippen molar-refractivity contribution in [2.75, 3.05) is 5.32 Å². The van der Waals surface area contributed by atoms with Gasteiger partial charge in [-0.25, -0.2) is 0 Å². The summed E-state index contributed by atoms with van der Waals surface area (Å²) in [6.45, 7) is 0. The largest absolute Gasteiger partial charge is 0.451 e. The van der Waals surface area contributed by atoms with Crippen LogP contribution < -0.4 is 10.6 Å². The highest BCUT2D eigenvalue weighted by Gasteiger charge is 2.16. The van der Waals surface area contributed by atoms with E-state index in [1.54, 1.807) is 41.2 Å². The predicted molar refractivity (Wildman–Crippen MR) is 132 cm³/mol. The van der Waals surface area contributed by atoms with Gasteiger partial charge in [-0.05, 0) is 48.6 Å². The van der Waals surface area contributed by atoms with Gasteiger partial charge in [0.2, 0.25) is 4.96 Å². The van der Waals surface area contributed by atoms with E-state index in [1.165, 1.54) is 11.3 Å². The van der Waals surface area contributed by atoms with Crippen LogP contribution in [0.1, 0.15) is 10.6 Å². The summed E-state index contributed by atoms with van der Waals surface area (Å²) in [6, 6.07) is 15.8. The van der Waals surface area contributed by atoms with Crippen molar-refractivity contribution < 1.29 is 9.21 Å². The van der Waals surface area contributed by atoms with Gasteiger partial charge in [0.25, 0.3) is 5.91 Å². The first-order chi connectivity index (χ1) is 16.0. The normalized spacial score (nSPS) is 11.0. The molecule has 0 saturated carbocycles. The van der Waals surface area contributed by atoms with Crippen LogP contribution in [0, 0.1) is 0 Å². The molecule has 0 atom stereocenters. The molecule has 5 rings (SSSR count). The highest BCUT2D eigenvalue weighted by atomic mass is 35.5. The van der Waals surface area contributed by atoms with Gasteiger partial charge in [-0.2, -0.15) is 9.61 Å². The monoisotopic (exact) mass is 514 g/mol. The highest BCUT2D eigenvalue weighted by Crippen LogP contribution is 2.34. The van der Waals surface area contributed by atoms with Gasteiger partial charge in [-0.3, -0.25) is 10.1 Å². The van der Waals surface area contributed by atoms with Gasteiger partial charge >= 0.3 is 0 Å². The van der Waals surface area contributed by atoms with Crippen LogP contribution in [0.2, 0.25) is 10.0 Å². The second kappa shape index (κ2) is 8.91. The molecule has 2 aromatic carbocycles. The summed E-state index contributed by atoms with van der Waals surface area (Å²) in [5, 5.41) is 19.5. The summed E-state index contributed by atoms with van der Waals surface area (Å²) in [7, 11) is 0. The second-order valence-corrected chi connectivity index (χ2v) is 8.87. The number of rotatable bonds is 4. The zero-order valence-corrected chi connectivity index (χ0v) is 19.6. The Kier molecular flexibility index (Phi) is 5.81. The number of furan rings is 1. The second-order valence-electron chi connectivity index (χ2n) is 6.72. The molecule has 1 amide bonds. The van der Waals surface area contributed by atoms with Gasteiger partial charge in [0.1, 0.15) is 17.1 Å². The molecular formula is C21H12Cl2N6O2S2. The number of hydrogen-bond acceptors (Lipinski definition) is 7. The highest BCUT2D eigenvalue weighted by molar-refractivity contribution is 7.80. The SMILES string of the molecule is O=C(NC(=S)Nc1cccc(-c2nn3cnnc3s2)c1)c1ccc(-c2cccc(Cl)c2Cl)o1. The molecule has 0 aliphatic heterocycles. The molecule has 0 fully saturated rings. The third-order valence-electron chi connectivity index (χ3n) is 4.53. The standard InChI is InChI=1S/C21H12Cl2N6O2S2/c22-14-6-2-5-13(17(14)23)15-7-8-16(31-15)18(30)26-20(32)25-12-4-1-3-11(9-12)19-28-29-10-24-27-21(29)33-19/h1-10H,(H2,25,26,30,32). The molecule has 0 aliphatic carbocycles. The Morgan fingerprint density at radius 1 is 1.12 bits per heavy atom. The summed E-state index contributed by atoms with van der Waals surface area (Å²) in [5.74, 6) is 0.00427. The summed E-state index contributed by atoms with van der Waals surface area (Å²) < 4.78 is 7.26. The Labute approximate surface area is 206 Å². The number of aromatic nitrogens is 4. The molecule has 0 bridgehead atoms. The molecule has 33 heavy (non-hydrogen) atoms. The number of benzene rings is 2. The minimum Gasteiger partial charge on any atom is -0.451 e. The van der Waals surface area contributed by atoms with Crippen LogP contribution in [0.3, 0.4) is 0 Å². The average Bonchev–Trinajstić information content (AvgIpc) is 3.52. The molecule has 0 aliphatic rings. The van der Waals surface area contributed by atoms with Crippen LogP contribution in [-0.2, 0) is 0 Å². The molecule has 0 radical (unpaired) electrons. The summed E-state index contributed by atoms with van der Waals surface area (Å²) in [6.07, 6.45) is 1.54. The van der Waals surface area contributed by atoms with Crippen LogP contribution in [0.5, 0.6) is 0 Å². The zero-order chi connectivity index (χ0) is 22.9. The number of nitrogens with zero attached hydrogens (tertiary/aromatic N) is 4. The first kappa shape index (κ1) is 21.5. The molecule has 2 N–H and O–H groups in total. The fraction of sp³-hybridized carbons (Fsp3) is 0. The molecular weight excluding hydrogens is 503 g/mol. The van der Waals surface area contributed by atoms with E-state index in [0.29, 0.717) is 32.0 Å². The molecule has 0 saturated heterocycles. The van der Waals surface area contributed by atoms with E-state index >= 15 is 0 Å². The maximum atomic E-state index is 12.6. The first-order valence-electron chi connectivity index (χ1n) is 9.42. The molecule has 164 valence electrons. The van der Waals surface area contributed by atoms with Gasteiger partial charge in [-0.1, -0.05) is 52.7 Å². The molecule has 5 aromatic rings. The van der Waals surface area contributed by atoms with Crippen molar-refractivity contribution in [3.05, 3.63) is 76.7 Å². The lowest BCUT2D eigenvalue weighted by Gasteiger charge is -2.09. The Hall–Kier alpha value is -3.31. The van der Waals surface area contributed by atoms with Crippen molar-refractivity contribution in [1.82, 2.24) is 25.1 Å². The Balaban J connectivity index is 1.27. The Bertz CT molecular complexity index is 1480. The first-order valence-corrected chi connectivity index (χ1v) is 11.4. The van der Waals surface area contributed by atoms with Crippen molar-refractivity contribution in [3.8, 4) is 21.9 Å². The van der Waals surface area contributed by atoms with E-state index < -0.39 is 5.91 Å². The van der Waals surface area contributed by atoms with Crippen LogP contribution in [-0.4, -0.2) is 30.8 Å². The number of fused-ring (bicyclic) bond motifs is 1. The summed E-state index contributed by atoms with van der Waals surface area (Å²) in [4.78, 5) is 13.3. The number of amides is 1. The van der Waals surface area contributed by atoms with Crippen LogP contribution in [0.4, 0.5) is 5.69 Å². The quantitative estimate of drug-likeness (QED) is 0.303. The van der Waals surface area contributed by atoms with Crippen molar-refractivity contribution in [1.29, 1.82) is 0 Å². The zero-order valence-electron chi connectivity index (χ0n) is 16.5. The summed E-state index contributed by atoms with van der Waals surface area (Å²) in [5.41, 5.74) is 2.15. The van der Waals surface area contributed by atoms with E-state index in [9.17, 15) is 4.79 Å². The Morgan fingerprint density at radius 3 is 2.82 bits per heavy atom. The number of carbonyl (C=O) groups excluding carboxylic acids is 1. The molecule has 12 heteroatoms. The predicted octanol–water partition coefficient (Wildman–Crippen LogP) is 5.55. The molecule has 3 heterocycles. The average molecular weight is 515 g/mol. The van der Waals surface area contributed by atoms with E-state index in [4.69, 9.17) is 39.8 Å². The number of thiocarbonyl (C=S) groups is 1. The van der Waals surface area contributed by atoms with E-state index in [1.807, 2.05) is 24.3 Å². The topological polar surface area (TPSA) is 97.4 Å². The minimum absolute atomic E-state index is 0.0821. The van der Waals surface area contributed by atoms with E-state index in [0.717, 1.165) is 10.6 Å². The maximum Gasteiger partial charge on any atom is 0.293 e. The molecule has 0 spiro atoms. The van der Waals surface area contributed by atoms with Crippen molar-refractivity contribution in [2.45, 2.75) is 0 Å². The van der Waals surface area contributed by atoms with Crippen molar-refractivity contribution in [3.63, 3.8) is 0 Å². The Morgan fingerprint density at radius 2 is 1.97 bits per heavy atom.